The zero-order valence-corrected chi connectivity index (χ0v) is 19.3. The van der Waals surface area contributed by atoms with Gasteiger partial charge in [-0.3, -0.25) is 9.69 Å². The number of ether oxygens (including phenoxy) is 1. The fourth-order valence-electron chi connectivity index (χ4n) is 4.39. The number of rotatable bonds is 7. The van der Waals surface area contributed by atoms with Crippen molar-refractivity contribution in [2.24, 2.45) is 5.92 Å². The van der Waals surface area contributed by atoms with Gasteiger partial charge in [0.1, 0.15) is 5.75 Å². The van der Waals surface area contributed by atoms with Gasteiger partial charge in [0.25, 0.3) is 0 Å². The first-order valence-electron chi connectivity index (χ1n) is 11.2. The van der Waals surface area contributed by atoms with Crippen LogP contribution in [0, 0.1) is 5.92 Å². The quantitative estimate of drug-likeness (QED) is 0.690. The Labute approximate surface area is 190 Å². The largest absolute Gasteiger partial charge is 0.497 e. The second kappa shape index (κ2) is 10.0. The van der Waals surface area contributed by atoms with Crippen molar-refractivity contribution >= 4 is 21.6 Å². The van der Waals surface area contributed by atoms with Crippen LogP contribution in [0.25, 0.3) is 0 Å². The highest BCUT2D eigenvalue weighted by Gasteiger charge is 2.32. The molecule has 32 heavy (non-hydrogen) atoms. The molecule has 172 valence electrons. The summed E-state index contributed by atoms with van der Waals surface area (Å²) < 4.78 is 32.3. The van der Waals surface area contributed by atoms with Gasteiger partial charge in [0, 0.05) is 31.2 Å². The van der Waals surface area contributed by atoms with E-state index in [0.717, 1.165) is 25.3 Å². The fraction of sp³-hybridized carbons (Fsp3) is 0.458. The van der Waals surface area contributed by atoms with Crippen molar-refractivity contribution in [2.75, 3.05) is 38.6 Å². The molecule has 0 spiro atoms. The summed E-state index contributed by atoms with van der Waals surface area (Å²) in [4.78, 5) is 15.4. The van der Waals surface area contributed by atoms with E-state index in [1.807, 2.05) is 12.1 Å². The molecule has 4 rings (SSSR count). The van der Waals surface area contributed by atoms with Crippen LogP contribution in [0.15, 0.2) is 53.4 Å². The molecular weight excluding hydrogens is 426 g/mol. The van der Waals surface area contributed by atoms with E-state index in [1.165, 1.54) is 22.7 Å². The van der Waals surface area contributed by atoms with Gasteiger partial charge in [-0.05, 0) is 80.7 Å². The van der Waals surface area contributed by atoms with Crippen molar-refractivity contribution in [3.63, 3.8) is 0 Å². The molecule has 2 saturated heterocycles. The standard InChI is InChI=1S/C24H31N3O4S/c1-31-22-8-10-23(11-9-22)32(29,30)27-16-12-20(13-17-27)24(28)25-21-6-4-19(5-7-21)18-26-14-2-3-15-26/h4-11,20H,2-3,12-18H2,1H3,(H,25,28). The highest BCUT2D eigenvalue weighted by atomic mass is 32.2. The zero-order chi connectivity index (χ0) is 22.6. The van der Waals surface area contributed by atoms with Crippen LogP contribution in [0.4, 0.5) is 5.69 Å². The Morgan fingerprint density at radius 1 is 0.969 bits per heavy atom. The molecule has 2 heterocycles. The normalized spacial score (nSPS) is 18.5. The van der Waals surface area contributed by atoms with Crippen LogP contribution in [-0.2, 0) is 21.4 Å². The average molecular weight is 458 g/mol. The minimum Gasteiger partial charge on any atom is -0.497 e. The molecule has 0 aromatic heterocycles. The molecule has 2 aliphatic rings. The van der Waals surface area contributed by atoms with Crippen LogP contribution in [0.5, 0.6) is 5.75 Å². The molecule has 1 amide bonds. The number of sulfonamides is 1. The van der Waals surface area contributed by atoms with Crippen molar-refractivity contribution in [2.45, 2.75) is 37.1 Å². The third-order valence-electron chi connectivity index (χ3n) is 6.35. The first kappa shape index (κ1) is 22.8. The van der Waals surface area contributed by atoms with Gasteiger partial charge in [-0.15, -0.1) is 0 Å². The number of piperidine rings is 1. The molecule has 2 aromatic rings. The van der Waals surface area contributed by atoms with E-state index in [1.54, 1.807) is 31.4 Å². The van der Waals surface area contributed by atoms with Crippen LogP contribution in [0.3, 0.4) is 0 Å². The van der Waals surface area contributed by atoms with Crippen LogP contribution in [-0.4, -0.2) is 56.8 Å². The number of hydrogen-bond acceptors (Lipinski definition) is 5. The molecule has 0 bridgehead atoms. The Balaban J connectivity index is 1.29. The lowest BCUT2D eigenvalue weighted by atomic mass is 9.97. The summed E-state index contributed by atoms with van der Waals surface area (Å²) in [6, 6.07) is 14.4. The predicted octanol–water partition coefficient (Wildman–Crippen LogP) is 3.33. The van der Waals surface area contributed by atoms with Crippen molar-refractivity contribution in [1.82, 2.24) is 9.21 Å². The van der Waals surface area contributed by atoms with Gasteiger partial charge in [0.2, 0.25) is 15.9 Å². The summed E-state index contributed by atoms with van der Waals surface area (Å²) in [5, 5.41) is 3.00. The molecule has 7 nitrogen and oxygen atoms in total. The number of amides is 1. The second-order valence-corrected chi connectivity index (χ2v) is 10.5. The van der Waals surface area contributed by atoms with Crippen molar-refractivity contribution < 1.29 is 17.9 Å². The van der Waals surface area contributed by atoms with E-state index in [-0.39, 0.29) is 16.7 Å². The number of benzene rings is 2. The minimum absolute atomic E-state index is 0.0428. The summed E-state index contributed by atoms with van der Waals surface area (Å²) in [6.07, 6.45) is 3.56. The summed E-state index contributed by atoms with van der Waals surface area (Å²) in [6.45, 7) is 3.94. The van der Waals surface area contributed by atoms with Gasteiger partial charge in [-0.1, -0.05) is 12.1 Å². The monoisotopic (exact) mass is 457 g/mol. The smallest absolute Gasteiger partial charge is 0.243 e. The maximum Gasteiger partial charge on any atom is 0.243 e. The highest BCUT2D eigenvalue weighted by Crippen LogP contribution is 2.26. The topological polar surface area (TPSA) is 79.0 Å². The Bertz CT molecular complexity index is 1010. The first-order valence-corrected chi connectivity index (χ1v) is 12.7. The number of anilines is 1. The van der Waals surface area contributed by atoms with Crippen molar-refractivity contribution in [1.29, 1.82) is 0 Å². The van der Waals surface area contributed by atoms with Gasteiger partial charge in [0.05, 0.1) is 12.0 Å². The van der Waals surface area contributed by atoms with Gasteiger partial charge >= 0.3 is 0 Å². The van der Waals surface area contributed by atoms with E-state index in [0.29, 0.717) is 31.7 Å². The third kappa shape index (κ3) is 5.31. The number of hydrogen-bond donors (Lipinski definition) is 1. The molecule has 0 atom stereocenters. The Hall–Kier alpha value is -2.42. The molecule has 2 aromatic carbocycles. The number of carbonyl (C=O) groups is 1. The van der Waals surface area contributed by atoms with E-state index in [9.17, 15) is 13.2 Å². The maximum absolute atomic E-state index is 12.9. The first-order chi connectivity index (χ1) is 15.5. The van der Waals surface area contributed by atoms with Crippen LogP contribution >= 0.6 is 0 Å². The predicted molar refractivity (Wildman–Crippen MR) is 124 cm³/mol. The highest BCUT2D eigenvalue weighted by molar-refractivity contribution is 7.89. The summed E-state index contributed by atoms with van der Waals surface area (Å²) >= 11 is 0. The Kier molecular flexibility index (Phi) is 7.13. The number of nitrogens with zero attached hydrogens (tertiary/aromatic N) is 2. The van der Waals surface area contributed by atoms with E-state index < -0.39 is 10.0 Å². The minimum atomic E-state index is -3.57. The maximum atomic E-state index is 12.9. The van der Waals surface area contributed by atoms with Gasteiger partial charge in [-0.25, -0.2) is 8.42 Å². The number of nitrogens with one attached hydrogen (secondary N) is 1. The summed E-state index contributed by atoms with van der Waals surface area (Å²) in [7, 11) is -2.02. The average Bonchev–Trinajstić information content (AvgIpc) is 3.33. The lowest BCUT2D eigenvalue weighted by molar-refractivity contribution is -0.120. The molecule has 2 aliphatic heterocycles. The SMILES string of the molecule is COc1ccc(S(=O)(=O)N2CCC(C(=O)Nc3ccc(CN4CCCC4)cc3)CC2)cc1. The molecule has 1 N–H and O–H groups in total. The fourth-order valence-corrected chi connectivity index (χ4v) is 5.86. The number of methoxy groups -OCH3 is 1. The van der Waals surface area contributed by atoms with Crippen LogP contribution in [0.1, 0.15) is 31.2 Å². The molecule has 0 aliphatic carbocycles. The lowest BCUT2D eigenvalue weighted by Crippen LogP contribution is -2.41. The third-order valence-corrected chi connectivity index (χ3v) is 8.26. The van der Waals surface area contributed by atoms with Crippen LogP contribution in [0.2, 0.25) is 0 Å². The van der Waals surface area contributed by atoms with E-state index in [4.69, 9.17) is 4.74 Å². The second-order valence-electron chi connectivity index (χ2n) is 8.52. The van der Waals surface area contributed by atoms with Gasteiger partial charge < -0.3 is 10.1 Å². The Morgan fingerprint density at radius 3 is 2.19 bits per heavy atom. The van der Waals surface area contributed by atoms with Gasteiger partial charge in [0.15, 0.2) is 0 Å². The lowest BCUT2D eigenvalue weighted by Gasteiger charge is -2.30. The van der Waals surface area contributed by atoms with Gasteiger partial charge in [-0.2, -0.15) is 4.31 Å². The van der Waals surface area contributed by atoms with E-state index >= 15 is 0 Å². The summed E-state index contributed by atoms with van der Waals surface area (Å²) in [5.41, 5.74) is 2.04. The number of carbonyl (C=O) groups excluding carboxylic acids is 1. The van der Waals surface area contributed by atoms with E-state index in [2.05, 4.69) is 22.3 Å². The molecule has 0 saturated carbocycles. The Morgan fingerprint density at radius 2 is 1.59 bits per heavy atom. The van der Waals surface area contributed by atoms with Crippen molar-refractivity contribution in [3.8, 4) is 5.75 Å². The van der Waals surface area contributed by atoms with Crippen molar-refractivity contribution in [3.05, 3.63) is 54.1 Å². The molecule has 0 radical (unpaired) electrons. The molecule has 2 fully saturated rings. The number of likely N-dealkylation sites (tertiary alicyclic amines) is 1. The molecule has 8 heteroatoms. The summed E-state index contributed by atoms with van der Waals surface area (Å²) in [5.74, 6) is 0.379. The zero-order valence-electron chi connectivity index (χ0n) is 18.5. The van der Waals surface area contributed by atoms with Crippen LogP contribution < -0.4 is 10.1 Å². The molecular formula is C24H31N3O4S. The molecule has 0 unspecified atom stereocenters.